The van der Waals surface area contributed by atoms with Gasteiger partial charge in [0.1, 0.15) is 17.5 Å². The average molecular weight is 342 g/mol. The van der Waals surface area contributed by atoms with Gasteiger partial charge in [0.05, 0.1) is 0 Å². The summed E-state index contributed by atoms with van der Waals surface area (Å²) < 4.78 is 5.75. The lowest BCUT2D eigenvalue weighted by molar-refractivity contribution is -0.137. The fourth-order valence-corrected chi connectivity index (χ4v) is 2.28. The molecular weight excluding hydrogens is 320 g/mol. The Bertz CT molecular complexity index is 724. The Morgan fingerprint density at radius 3 is 2.04 bits per heavy atom. The molecule has 6 nitrogen and oxygen atoms in total. The number of carbonyl (C=O) groups excluding carboxylic acids is 1. The van der Waals surface area contributed by atoms with Crippen molar-refractivity contribution in [1.29, 1.82) is 0 Å². The molecule has 2 rings (SSSR count). The van der Waals surface area contributed by atoms with E-state index in [0.717, 1.165) is 11.1 Å². The molecule has 1 atom stereocenters. The van der Waals surface area contributed by atoms with E-state index in [-0.39, 0.29) is 12.3 Å². The number of nitrogens with zero attached hydrogens (tertiary/aromatic N) is 1. The molecule has 0 aliphatic heterocycles. The summed E-state index contributed by atoms with van der Waals surface area (Å²) in [5, 5.41) is 8.69. The smallest absolute Gasteiger partial charge is 0.303 e. The molecule has 0 bridgehead atoms. The quantitative estimate of drug-likeness (QED) is 0.807. The Morgan fingerprint density at radius 1 is 1.04 bits per heavy atom. The van der Waals surface area contributed by atoms with Gasteiger partial charge in [0.15, 0.2) is 0 Å². The normalized spacial score (nSPS) is 11.6. The van der Waals surface area contributed by atoms with E-state index in [1.807, 2.05) is 12.1 Å². The summed E-state index contributed by atoms with van der Waals surface area (Å²) in [6, 6.07) is 13.6. The summed E-state index contributed by atoms with van der Waals surface area (Å²) in [6.07, 6.45) is 0.593. The molecule has 1 unspecified atom stereocenters. The van der Waals surface area contributed by atoms with Gasteiger partial charge >= 0.3 is 5.97 Å². The second-order valence-electron chi connectivity index (χ2n) is 5.92. The van der Waals surface area contributed by atoms with Crippen molar-refractivity contribution >= 4 is 11.9 Å². The van der Waals surface area contributed by atoms with Gasteiger partial charge in [0, 0.05) is 20.5 Å². The van der Waals surface area contributed by atoms with E-state index in [9.17, 15) is 9.59 Å². The number of rotatable bonds is 7. The number of hydrogen-bond donors (Lipinski definition) is 2. The molecule has 0 aliphatic carbocycles. The number of carboxylic acid groups (broad SMARTS) is 1. The highest BCUT2D eigenvalue weighted by molar-refractivity contribution is 5.82. The summed E-state index contributed by atoms with van der Waals surface area (Å²) in [5.74, 6) is 0.309. The first-order chi connectivity index (χ1) is 11.9. The van der Waals surface area contributed by atoms with E-state index in [4.69, 9.17) is 15.6 Å². The lowest BCUT2D eigenvalue weighted by Gasteiger charge is -2.17. The maximum absolute atomic E-state index is 11.9. The molecule has 6 heteroatoms. The van der Waals surface area contributed by atoms with E-state index < -0.39 is 12.0 Å². The van der Waals surface area contributed by atoms with Gasteiger partial charge in [-0.05, 0) is 41.8 Å². The lowest BCUT2D eigenvalue weighted by Crippen LogP contribution is -2.33. The van der Waals surface area contributed by atoms with Gasteiger partial charge in [-0.3, -0.25) is 9.59 Å². The summed E-state index contributed by atoms with van der Waals surface area (Å²) in [5.41, 5.74) is 7.60. The van der Waals surface area contributed by atoms with E-state index in [1.165, 1.54) is 4.90 Å². The van der Waals surface area contributed by atoms with Crippen molar-refractivity contribution in [2.75, 3.05) is 14.1 Å². The Kier molecular flexibility index (Phi) is 6.14. The lowest BCUT2D eigenvalue weighted by atomic mass is 10.1. The first-order valence-corrected chi connectivity index (χ1v) is 7.92. The predicted octanol–water partition coefficient (Wildman–Crippen LogP) is 2.58. The Labute approximate surface area is 146 Å². The number of likely N-dealkylation sites (N-methyl/N-ethyl adjacent to an activating group) is 1. The zero-order chi connectivity index (χ0) is 18.4. The zero-order valence-electron chi connectivity index (χ0n) is 14.3. The Morgan fingerprint density at radius 2 is 1.56 bits per heavy atom. The SMILES string of the molecule is CN(C)C(=O)C(N)c1ccc(Oc2ccc(CCC(=O)O)cc2)cc1. The third-order valence-corrected chi connectivity index (χ3v) is 3.73. The van der Waals surface area contributed by atoms with Crippen LogP contribution in [0.4, 0.5) is 0 Å². The first-order valence-electron chi connectivity index (χ1n) is 7.92. The highest BCUT2D eigenvalue weighted by atomic mass is 16.5. The van der Waals surface area contributed by atoms with Gasteiger partial charge in [-0.15, -0.1) is 0 Å². The Balaban J connectivity index is 1.99. The first kappa shape index (κ1) is 18.5. The van der Waals surface area contributed by atoms with Gasteiger partial charge in [0.25, 0.3) is 0 Å². The number of amides is 1. The summed E-state index contributed by atoms with van der Waals surface area (Å²) in [7, 11) is 3.33. The molecule has 25 heavy (non-hydrogen) atoms. The van der Waals surface area contributed by atoms with Crippen molar-refractivity contribution < 1.29 is 19.4 Å². The molecule has 0 saturated heterocycles. The third-order valence-electron chi connectivity index (χ3n) is 3.73. The standard InChI is InChI=1S/C19H22N2O4/c1-21(2)19(24)18(20)14-6-10-16(11-7-14)25-15-8-3-13(4-9-15)5-12-17(22)23/h3-4,6-11,18H,5,12,20H2,1-2H3,(H,22,23). The monoisotopic (exact) mass is 342 g/mol. The van der Waals surface area contributed by atoms with Crippen molar-refractivity contribution in [2.45, 2.75) is 18.9 Å². The number of aryl methyl sites for hydroxylation is 1. The van der Waals surface area contributed by atoms with Crippen LogP contribution in [-0.4, -0.2) is 36.0 Å². The van der Waals surface area contributed by atoms with Crippen LogP contribution in [0.2, 0.25) is 0 Å². The minimum absolute atomic E-state index is 0.105. The molecule has 2 aromatic carbocycles. The molecule has 0 radical (unpaired) electrons. The topological polar surface area (TPSA) is 92.9 Å². The predicted molar refractivity (Wildman–Crippen MR) is 94.5 cm³/mol. The van der Waals surface area contributed by atoms with E-state index >= 15 is 0 Å². The van der Waals surface area contributed by atoms with Crippen LogP contribution in [0.3, 0.4) is 0 Å². The fourth-order valence-electron chi connectivity index (χ4n) is 2.28. The number of carbonyl (C=O) groups is 2. The number of carboxylic acids is 1. The number of hydrogen-bond acceptors (Lipinski definition) is 4. The van der Waals surface area contributed by atoms with Crippen molar-refractivity contribution in [1.82, 2.24) is 4.90 Å². The number of ether oxygens (including phenoxy) is 1. The van der Waals surface area contributed by atoms with Crippen LogP contribution < -0.4 is 10.5 Å². The van der Waals surface area contributed by atoms with Gasteiger partial charge in [0.2, 0.25) is 5.91 Å². The minimum Gasteiger partial charge on any atom is -0.481 e. The molecule has 132 valence electrons. The van der Waals surface area contributed by atoms with Gasteiger partial charge in [-0.1, -0.05) is 24.3 Å². The number of benzene rings is 2. The minimum atomic E-state index is -0.814. The van der Waals surface area contributed by atoms with E-state index in [2.05, 4.69) is 0 Å². The molecule has 0 aromatic heterocycles. The van der Waals surface area contributed by atoms with E-state index in [0.29, 0.717) is 17.9 Å². The largest absolute Gasteiger partial charge is 0.481 e. The molecule has 0 fully saturated rings. The molecule has 0 saturated carbocycles. The second kappa shape index (κ2) is 8.30. The van der Waals surface area contributed by atoms with Crippen LogP contribution >= 0.6 is 0 Å². The van der Waals surface area contributed by atoms with Gasteiger partial charge < -0.3 is 20.5 Å². The summed E-state index contributed by atoms with van der Waals surface area (Å²) >= 11 is 0. The molecule has 0 heterocycles. The van der Waals surface area contributed by atoms with Crippen molar-refractivity contribution in [2.24, 2.45) is 5.73 Å². The van der Waals surface area contributed by atoms with E-state index in [1.54, 1.807) is 50.5 Å². The van der Waals surface area contributed by atoms with Crippen LogP contribution in [0.1, 0.15) is 23.6 Å². The molecule has 0 aliphatic rings. The maximum Gasteiger partial charge on any atom is 0.303 e. The number of nitrogens with two attached hydrogens (primary N) is 1. The summed E-state index contributed by atoms with van der Waals surface area (Å²) in [6.45, 7) is 0. The van der Waals surface area contributed by atoms with Crippen LogP contribution in [0.25, 0.3) is 0 Å². The van der Waals surface area contributed by atoms with Crippen molar-refractivity contribution in [3.8, 4) is 11.5 Å². The van der Waals surface area contributed by atoms with Crippen LogP contribution in [0, 0.1) is 0 Å². The summed E-state index contributed by atoms with van der Waals surface area (Å²) in [4.78, 5) is 23.9. The van der Waals surface area contributed by atoms with Crippen LogP contribution in [0.15, 0.2) is 48.5 Å². The zero-order valence-corrected chi connectivity index (χ0v) is 14.3. The van der Waals surface area contributed by atoms with Crippen molar-refractivity contribution in [3.63, 3.8) is 0 Å². The maximum atomic E-state index is 11.9. The average Bonchev–Trinajstić information content (AvgIpc) is 2.60. The molecule has 0 spiro atoms. The number of aliphatic carboxylic acids is 1. The molecular formula is C19H22N2O4. The molecule has 1 amide bonds. The second-order valence-corrected chi connectivity index (χ2v) is 5.92. The molecule has 3 N–H and O–H groups in total. The van der Waals surface area contributed by atoms with Crippen LogP contribution in [-0.2, 0) is 16.0 Å². The highest BCUT2D eigenvalue weighted by Crippen LogP contribution is 2.24. The third kappa shape index (κ3) is 5.32. The fraction of sp³-hybridized carbons (Fsp3) is 0.263. The van der Waals surface area contributed by atoms with Crippen molar-refractivity contribution in [3.05, 3.63) is 59.7 Å². The Hall–Kier alpha value is -2.86. The van der Waals surface area contributed by atoms with Gasteiger partial charge in [-0.25, -0.2) is 0 Å². The van der Waals surface area contributed by atoms with Gasteiger partial charge in [-0.2, -0.15) is 0 Å². The van der Waals surface area contributed by atoms with Crippen LogP contribution in [0.5, 0.6) is 11.5 Å². The highest BCUT2D eigenvalue weighted by Gasteiger charge is 2.17. The molecule has 2 aromatic rings.